The van der Waals surface area contributed by atoms with E-state index in [9.17, 15) is 14.7 Å². The molecule has 0 heterocycles. The van der Waals surface area contributed by atoms with E-state index in [1.165, 1.54) is 24.3 Å². The molecule has 2 N–H and O–H groups in total. The molecule has 0 fully saturated rings. The van der Waals surface area contributed by atoms with E-state index >= 15 is 0 Å². The summed E-state index contributed by atoms with van der Waals surface area (Å²) in [7, 11) is 1.56. The number of rotatable bonds is 9. The lowest BCUT2D eigenvalue weighted by molar-refractivity contribution is -0.111. The molecule has 0 aliphatic carbocycles. The molecule has 0 saturated carbocycles. The standard InChI is InChI=1S/C26H25NO6/c1-3-15-32-23-13-9-18(16-24(23)31-2)10-14-25(29)27-19-11-12-21(22(28)17-19)26(30)33-20-7-5-4-6-8-20/h4-14,16-17,28H,3,15H2,1-2H3,(H,27,29)/b14-10+. The van der Waals surface area contributed by atoms with Crippen molar-refractivity contribution in [1.82, 2.24) is 0 Å². The highest BCUT2D eigenvalue weighted by atomic mass is 16.5. The van der Waals surface area contributed by atoms with Crippen molar-refractivity contribution in [1.29, 1.82) is 0 Å². The van der Waals surface area contributed by atoms with Gasteiger partial charge in [0.2, 0.25) is 5.91 Å². The number of benzene rings is 3. The van der Waals surface area contributed by atoms with Crippen molar-refractivity contribution >= 4 is 23.6 Å². The SMILES string of the molecule is CCCOc1ccc(/C=C/C(=O)Nc2ccc(C(=O)Oc3ccccc3)c(O)c2)cc1OC. The molecule has 0 spiro atoms. The van der Waals surface area contributed by atoms with Crippen LogP contribution in [0, 0.1) is 0 Å². The Hall–Kier alpha value is -4.26. The molecule has 170 valence electrons. The van der Waals surface area contributed by atoms with Gasteiger partial charge >= 0.3 is 5.97 Å². The van der Waals surface area contributed by atoms with Crippen molar-refractivity contribution in [3.63, 3.8) is 0 Å². The number of carbonyl (C=O) groups excluding carboxylic acids is 2. The summed E-state index contributed by atoms with van der Waals surface area (Å²) < 4.78 is 16.2. The third kappa shape index (κ3) is 6.61. The summed E-state index contributed by atoms with van der Waals surface area (Å²) in [4.78, 5) is 24.6. The van der Waals surface area contributed by atoms with Gasteiger partial charge < -0.3 is 24.6 Å². The second-order valence-corrected chi connectivity index (χ2v) is 7.02. The Labute approximate surface area is 192 Å². The fourth-order valence-electron chi connectivity index (χ4n) is 2.91. The third-order valence-corrected chi connectivity index (χ3v) is 4.52. The molecule has 3 aromatic rings. The molecule has 7 heteroatoms. The number of anilines is 1. The normalized spacial score (nSPS) is 10.6. The Morgan fingerprint density at radius 2 is 1.79 bits per heavy atom. The number of nitrogens with one attached hydrogen (secondary N) is 1. The Morgan fingerprint density at radius 1 is 1.00 bits per heavy atom. The van der Waals surface area contributed by atoms with Crippen LogP contribution in [0.3, 0.4) is 0 Å². The van der Waals surface area contributed by atoms with Crippen LogP contribution in [0.5, 0.6) is 23.0 Å². The zero-order chi connectivity index (χ0) is 23.6. The molecule has 0 saturated heterocycles. The summed E-state index contributed by atoms with van der Waals surface area (Å²) >= 11 is 0. The minimum Gasteiger partial charge on any atom is -0.507 e. The molecule has 0 aromatic heterocycles. The Morgan fingerprint density at radius 3 is 2.48 bits per heavy atom. The summed E-state index contributed by atoms with van der Waals surface area (Å²) in [5.74, 6) is 0.184. The first-order chi connectivity index (χ1) is 16.0. The van der Waals surface area contributed by atoms with Gasteiger partial charge in [-0.1, -0.05) is 31.2 Å². The lowest BCUT2D eigenvalue weighted by Gasteiger charge is -2.10. The predicted octanol–water partition coefficient (Wildman–Crippen LogP) is 5.06. The Bertz CT molecular complexity index is 1140. The van der Waals surface area contributed by atoms with Crippen LogP contribution in [-0.2, 0) is 4.79 Å². The van der Waals surface area contributed by atoms with Crippen molar-refractivity contribution in [2.75, 3.05) is 19.0 Å². The monoisotopic (exact) mass is 447 g/mol. The van der Waals surface area contributed by atoms with Crippen LogP contribution < -0.4 is 19.5 Å². The molecule has 0 aliphatic rings. The molecule has 0 unspecified atom stereocenters. The van der Waals surface area contributed by atoms with Gasteiger partial charge in [-0.3, -0.25) is 4.79 Å². The van der Waals surface area contributed by atoms with E-state index in [4.69, 9.17) is 14.2 Å². The predicted molar refractivity (Wildman–Crippen MR) is 126 cm³/mol. The summed E-state index contributed by atoms with van der Waals surface area (Å²) in [6.07, 6.45) is 3.87. The number of phenols is 1. The van der Waals surface area contributed by atoms with Crippen LogP contribution in [0.4, 0.5) is 5.69 Å². The number of methoxy groups -OCH3 is 1. The Balaban J connectivity index is 1.62. The van der Waals surface area contributed by atoms with Gasteiger partial charge in [0, 0.05) is 17.8 Å². The molecule has 1 amide bonds. The maximum absolute atomic E-state index is 12.3. The molecular weight excluding hydrogens is 422 g/mol. The zero-order valence-electron chi connectivity index (χ0n) is 18.4. The molecule has 0 atom stereocenters. The molecule has 7 nitrogen and oxygen atoms in total. The molecule has 0 aliphatic heterocycles. The molecule has 3 aromatic carbocycles. The van der Waals surface area contributed by atoms with Gasteiger partial charge in [0.25, 0.3) is 0 Å². The second-order valence-electron chi connectivity index (χ2n) is 7.02. The first kappa shape index (κ1) is 23.4. The minimum atomic E-state index is -0.697. The van der Waals surface area contributed by atoms with Crippen LogP contribution in [0.25, 0.3) is 6.08 Å². The third-order valence-electron chi connectivity index (χ3n) is 4.52. The summed E-state index contributed by atoms with van der Waals surface area (Å²) in [5.41, 5.74) is 1.08. The Kier molecular flexibility index (Phi) is 8.07. The van der Waals surface area contributed by atoms with Crippen LogP contribution in [0.1, 0.15) is 29.3 Å². The highest BCUT2D eigenvalue weighted by Gasteiger charge is 2.14. The number of hydrogen-bond acceptors (Lipinski definition) is 6. The van der Waals surface area contributed by atoms with Crippen LogP contribution in [0.2, 0.25) is 0 Å². The minimum absolute atomic E-state index is 0.00938. The van der Waals surface area contributed by atoms with Crippen LogP contribution >= 0.6 is 0 Å². The molecule has 0 bridgehead atoms. The van der Waals surface area contributed by atoms with E-state index in [0.29, 0.717) is 29.5 Å². The van der Waals surface area contributed by atoms with Crippen molar-refractivity contribution in [2.45, 2.75) is 13.3 Å². The topological polar surface area (TPSA) is 94.1 Å². The highest BCUT2D eigenvalue weighted by molar-refractivity contribution is 6.02. The van der Waals surface area contributed by atoms with Crippen LogP contribution in [-0.4, -0.2) is 30.7 Å². The average Bonchev–Trinajstić information content (AvgIpc) is 2.82. The number of carbonyl (C=O) groups is 2. The van der Waals surface area contributed by atoms with Gasteiger partial charge in [0.15, 0.2) is 11.5 Å². The fourth-order valence-corrected chi connectivity index (χ4v) is 2.91. The van der Waals surface area contributed by atoms with Gasteiger partial charge in [0.05, 0.1) is 13.7 Å². The maximum atomic E-state index is 12.3. The number of amides is 1. The molecule has 33 heavy (non-hydrogen) atoms. The van der Waals surface area contributed by atoms with E-state index in [1.54, 1.807) is 55.7 Å². The van der Waals surface area contributed by atoms with E-state index in [0.717, 1.165) is 12.0 Å². The average molecular weight is 447 g/mol. The first-order valence-electron chi connectivity index (χ1n) is 10.4. The van der Waals surface area contributed by atoms with E-state index in [1.807, 2.05) is 13.0 Å². The number of hydrogen-bond donors (Lipinski definition) is 2. The van der Waals surface area contributed by atoms with E-state index < -0.39 is 11.9 Å². The lowest BCUT2D eigenvalue weighted by Crippen LogP contribution is -2.10. The quantitative estimate of drug-likeness (QED) is 0.271. The molecule has 0 radical (unpaired) electrons. The van der Waals surface area contributed by atoms with Gasteiger partial charge in [-0.15, -0.1) is 0 Å². The number of phenolic OH excluding ortho intramolecular Hbond substituents is 1. The van der Waals surface area contributed by atoms with Crippen molar-refractivity contribution in [2.24, 2.45) is 0 Å². The summed E-state index contributed by atoms with van der Waals surface area (Å²) in [6.45, 7) is 2.61. The maximum Gasteiger partial charge on any atom is 0.347 e. The van der Waals surface area contributed by atoms with Gasteiger partial charge in [-0.05, 0) is 54.5 Å². The largest absolute Gasteiger partial charge is 0.507 e. The van der Waals surface area contributed by atoms with Gasteiger partial charge in [0.1, 0.15) is 17.1 Å². The van der Waals surface area contributed by atoms with Crippen molar-refractivity contribution in [3.05, 3.63) is 83.9 Å². The fraction of sp³-hybridized carbons (Fsp3) is 0.154. The van der Waals surface area contributed by atoms with Crippen LogP contribution in [0.15, 0.2) is 72.8 Å². The van der Waals surface area contributed by atoms with E-state index in [-0.39, 0.29) is 11.3 Å². The second kappa shape index (κ2) is 11.4. The number of aromatic hydroxyl groups is 1. The van der Waals surface area contributed by atoms with E-state index in [2.05, 4.69) is 5.32 Å². The number of ether oxygens (including phenoxy) is 3. The lowest BCUT2D eigenvalue weighted by atomic mass is 10.1. The van der Waals surface area contributed by atoms with Gasteiger partial charge in [-0.25, -0.2) is 4.79 Å². The van der Waals surface area contributed by atoms with Crippen molar-refractivity contribution in [3.8, 4) is 23.0 Å². The number of para-hydroxylation sites is 1. The molecule has 3 rings (SSSR count). The summed E-state index contributed by atoms with van der Waals surface area (Å²) in [5, 5.41) is 12.9. The highest BCUT2D eigenvalue weighted by Crippen LogP contribution is 2.29. The number of esters is 1. The van der Waals surface area contributed by atoms with Gasteiger partial charge in [-0.2, -0.15) is 0 Å². The zero-order valence-corrected chi connectivity index (χ0v) is 18.4. The molecular formula is C26H25NO6. The van der Waals surface area contributed by atoms with Crippen molar-refractivity contribution < 1.29 is 28.9 Å². The first-order valence-corrected chi connectivity index (χ1v) is 10.4. The summed E-state index contributed by atoms with van der Waals surface area (Å²) in [6, 6.07) is 18.1. The smallest absolute Gasteiger partial charge is 0.347 e.